The van der Waals surface area contributed by atoms with Gasteiger partial charge in [-0.1, -0.05) is 45.0 Å². The third kappa shape index (κ3) is 6.45. The molecule has 210 valence electrons. The molecule has 1 N–H and O–H groups in total. The zero-order valence-corrected chi connectivity index (χ0v) is 23.4. The molecule has 8 heteroatoms. The highest BCUT2D eigenvalue weighted by atomic mass is 16.5. The topological polar surface area (TPSA) is 98.2 Å². The molecule has 0 aliphatic carbocycles. The average molecular weight is 545 g/mol. The Morgan fingerprint density at radius 3 is 2.55 bits per heavy atom. The van der Waals surface area contributed by atoms with E-state index in [0.29, 0.717) is 47.5 Å². The molecule has 0 radical (unpaired) electrons. The first-order valence-electron chi connectivity index (χ1n) is 13.5. The van der Waals surface area contributed by atoms with E-state index in [1.54, 1.807) is 68.0 Å². The maximum atomic E-state index is 13.5. The first-order chi connectivity index (χ1) is 19.3. The minimum Gasteiger partial charge on any atom is -0.507 e. The predicted molar refractivity (Wildman–Crippen MR) is 152 cm³/mol. The Morgan fingerprint density at radius 2 is 1.85 bits per heavy atom. The molecule has 1 unspecified atom stereocenters. The summed E-state index contributed by atoms with van der Waals surface area (Å²) in [6.07, 6.45) is 5.01. The van der Waals surface area contributed by atoms with Crippen molar-refractivity contribution in [3.05, 3.63) is 89.3 Å². The van der Waals surface area contributed by atoms with Crippen LogP contribution in [0.15, 0.2) is 72.6 Å². The fourth-order valence-corrected chi connectivity index (χ4v) is 4.56. The number of carbonyl (C=O) groups is 2. The fourth-order valence-electron chi connectivity index (χ4n) is 4.56. The van der Waals surface area contributed by atoms with Crippen LogP contribution in [0, 0.1) is 5.92 Å². The average Bonchev–Trinajstić information content (AvgIpc) is 3.21. The molecule has 40 heavy (non-hydrogen) atoms. The largest absolute Gasteiger partial charge is 0.507 e. The van der Waals surface area contributed by atoms with Crippen LogP contribution >= 0.6 is 0 Å². The number of nitrogens with zero attached hydrogens (tertiary/aromatic N) is 2. The highest BCUT2D eigenvalue weighted by Gasteiger charge is 2.46. The molecule has 0 spiro atoms. The van der Waals surface area contributed by atoms with Crippen LogP contribution in [0.5, 0.6) is 17.2 Å². The normalized spacial score (nSPS) is 16.4. The van der Waals surface area contributed by atoms with E-state index < -0.39 is 17.7 Å². The van der Waals surface area contributed by atoms with Gasteiger partial charge in [0.15, 0.2) is 11.5 Å². The monoisotopic (exact) mass is 544 g/mol. The van der Waals surface area contributed by atoms with Crippen LogP contribution in [0.4, 0.5) is 0 Å². The van der Waals surface area contributed by atoms with Gasteiger partial charge in [0.05, 0.1) is 31.9 Å². The number of aromatic nitrogens is 1. The molecule has 1 fully saturated rings. The number of rotatable bonds is 12. The number of benzene rings is 2. The molecule has 1 aliphatic rings. The van der Waals surface area contributed by atoms with Crippen molar-refractivity contribution in [2.75, 3.05) is 20.3 Å². The highest BCUT2D eigenvalue weighted by molar-refractivity contribution is 6.46. The Labute approximate surface area is 235 Å². The summed E-state index contributed by atoms with van der Waals surface area (Å²) in [6.45, 7) is 7.44. The lowest BCUT2D eigenvalue weighted by Crippen LogP contribution is -2.29. The highest BCUT2D eigenvalue weighted by Crippen LogP contribution is 2.43. The van der Waals surface area contributed by atoms with Crippen molar-refractivity contribution in [1.29, 1.82) is 0 Å². The van der Waals surface area contributed by atoms with Gasteiger partial charge in [-0.2, -0.15) is 0 Å². The van der Waals surface area contributed by atoms with Crippen LogP contribution < -0.4 is 14.2 Å². The number of methoxy groups -OCH3 is 1. The molecular weight excluding hydrogens is 508 g/mol. The number of Topliss-reactive ketones (excluding diaryl/α,β-unsaturated/α-hetero) is 1. The SMILES string of the molecule is CCCOc1cccc(/C(O)=C2\C(=O)C(=O)N(Cc3cccnc3)C2c2ccc(OCCC(C)C)c(OC)c2)c1. The van der Waals surface area contributed by atoms with Crippen LogP contribution in [-0.2, 0) is 16.1 Å². The Kier molecular flexibility index (Phi) is 9.43. The second kappa shape index (κ2) is 13.2. The number of ketones is 1. The molecule has 3 aromatic rings. The molecule has 0 saturated carbocycles. The third-order valence-electron chi connectivity index (χ3n) is 6.65. The van der Waals surface area contributed by atoms with E-state index in [-0.39, 0.29) is 17.9 Å². The molecule has 1 amide bonds. The molecule has 0 bridgehead atoms. The minimum atomic E-state index is -0.862. The molecule has 1 aromatic heterocycles. The molecule has 8 nitrogen and oxygen atoms in total. The zero-order chi connectivity index (χ0) is 28.6. The van der Waals surface area contributed by atoms with Crippen LogP contribution in [0.3, 0.4) is 0 Å². The number of aliphatic hydroxyl groups excluding tert-OH is 1. The standard InChI is InChI=1S/C32H36N2O6/c1-5-15-39-25-10-6-9-24(17-25)30(35)28-29(34(32(37)31(28)36)20-22-8-7-14-33-19-22)23-11-12-26(27(18-23)38-4)40-16-13-21(2)3/h6-12,14,17-19,21,29,35H,5,13,15-16,20H2,1-4H3/b30-28+. The third-order valence-corrected chi connectivity index (χ3v) is 6.65. The smallest absolute Gasteiger partial charge is 0.295 e. The molecule has 2 aromatic carbocycles. The van der Waals surface area contributed by atoms with Gasteiger partial charge in [-0.05, 0) is 60.2 Å². The minimum absolute atomic E-state index is 0.00272. The Bertz CT molecular complexity index is 1370. The maximum Gasteiger partial charge on any atom is 0.295 e. The van der Waals surface area contributed by atoms with Crippen molar-refractivity contribution < 1.29 is 28.9 Å². The number of hydrogen-bond donors (Lipinski definition) is 1. The van der Waals surface area contributed by atoms with Gasteiger partial charge in [-0.15, -0.1) is 0 Å². The number of carbonyl (C=O) groups excluding carboxylic acids is 2. The number of amides is 1. The van der Waals surface area contributed by atoms with Gasteiger partial charge in [0, 0.05) is 24.5 Å². The second-order valence-corrected chi connectivity index (χ2v) is 10.1. The van der Waals surface area contributed by atoms with Crippen molar-refractivity contribution >= 4 is 17.4 Å². The predicted octanol–water partition coefficient (Wildman–Crippen LogP) is 5.93. The van der Waals surface area contributed by atoms with Crippen LogP contribution in [0.1, 0.15) is 56.3 Å². The summed E-state index contributed by atoms with van der Waals surface area (Å²) < 4.78 is 17.3. The molecule has 1 saturated heterocycles. The van der Waals surface area contributed by atoms with Gasteiger partial charge in [-0.3, -0.25) is 14.6 Å². The van der Waals surface area contributed by atoms with Gasteiger partial charge >= 0.3 is 0 Å². The van der Waals surface area contributed by atoms with E-state index in [4.69, 9.17) is 14.2 Å². The summed E-state index contributed by atoms with van der Waals surface area (Å²) in [4.78, 5) is 32.5. The van der Waals surface area contributed by atoms with E-state index in [1.807, 2.05) is 13.0 Å². The molecule has 4 rings (SSSR count). The van der Waals surface area contributed by atoms with Gasteiger partial charge in [0.25, 0.3) is 11.7 Å². The van der Waals surface area contributed by atoms with Crippen LogP contribution in [0.2, 0.25) is 0 Å². The summed E-state index contributed by atoms with van der Waals surface area (Å²) in [7, 11) is 1.54. The fraction of sp³-hybridized carbons (Fsp3) is 0.344. The molecule has 1 aliphatic heterocycles. The van der Waals surface area contributed by atoms with Crippen molar-refractivity contribution in [2.45, 2.75) is 46.2 Å². The van der Waals surface area contributed by atoms with Crippen molar-refractivity contribution in [1.82, 2.24) is 9.88 Å². The number of likely N-dealkylation sites (tertiary alicyclic amines) is 1. The molecule has 2 heterocycles. The number of aliphatic hydroxyl groups is 1. The number of ether oxygens (including phenoxy) is 3. The number of pyridine rings is 1. The van der Waals surface area contributed by atoms with Crippen LogP contribution in [-0.4, -0.2) is 47.0 Å². The maximum absolute atomic E-state index is 13.5. The lowest BCUT2D eigenvalue weighted by Gasteiger charge is -2.26. The van der Waals surface area contributed by atoms with Crippen molar-refractivity contribution in [3.63, 3.8) is 0 Å². The van der Waals surface area contributed by atoms with E-state index in [9.17, 15) is 14.7 Å². The summed E-state index contributed by atoms with van der Waals surface area (Å²) in [5.41, 5.74) is 1.75. The Morgan fingerprint density at radius 1 is 1.02 bits per heavy atom. The van der Waals surface area contributed by atoms with Crippen molar-refractivity contribution in [3.8, 4) is 17.2 Å². The summed E-state index contributed by atoms with van der Waals surface area (Å²) in [5, 5.41) is 11.5. The van der Waals surface area contributed by atoms with Gasteiger partial charge in [-0.25, -0.2) is 0 Å². The zero-order valence-electron chi connectivity index (χ0n) is 23.4. The second-order valence-electron chi connectivity index (χ2n) is 10.1. The lowest BCUT2D eigenvalue weighted by molar-refractivity contribution is -0.140. The summed E-state index contributed by atoms with van der Waals surface area (Å²) in [6, 6.07) is 15.0. The first-order valence-corrected chi connectivity index (χ1v) is 13.5. The first kappa shape index (κ1) is 28.7. The van der Waals surface area contributed by atoms with E-state index >= 15 is 0 Å². The quantitative estimate of drug-likeness (QED) is 0.172. The van der Waals surface area contributed by atoms with E-state index in [0.717, 1.165) is 18.4 Å². The molecular formula is C32H36N2O6. The van der Waals surface area contributed by atoms with Crippen molar-refractivity contribution in [2.24, 2.45) is 5.92 Å². The van der Waals surface area contributed by atoms with Gasteiger partial charge in [0.1, 0.15) is 11.5 Å². The lowest BCUT2D eigenvalue weighted by atomic mass is 9.94. The summed E-state index contributed by atoms with van der Waals surface area (Å²) >= 11 is 0. The Balaban J connectivity index is 1.80. The molecule has 1 atom stereocenters. The van der Waals surface area contributed by atoms with Crippen LogP contribution in [0.25, 0.3) is 5.76 Å². The summed E-state index contributed by atoms with van der Waals surface area (Å²) in [5.74, 6) is 0.364. The number of hydrogen-bond acceptors (Lipinski definition) is 7. The van der Waals surface area contributed by atoms with E-state index in [1.165, 1.54) is 4.90 Å². The van der Waals surface area contributed by atoms with Gasteiger partial charge in [0.2, 0.25) is 0 Å². The van der Waals surface area contributed by atoms with E-state index in [2.05, 4.69) is 18.8 Å². The Hall–Kier alpha value is -4.33. The van der Waals surface area contributed by atoms with Gasteiger partial charge < -0.3 is 24.2 Å².